The molecule has 0 radical (unpaired) electrons. The summed E-state index contributed by atoms with van der Waals surface area (Å²) in [6.45, 7) is 2.25. The standard InChI is InChI=1S/C21H26INO2/c1-20-6-4-17-16-3-2-15(24)11-13(16)10-14(12-23)19(17)18(20)5-7-21(20,25)8-9-22/h8-9,11,14,16-19,25H,2-7,10H2,1H3/b9-8-/t14-,16-,17+,18-,19+,20-,21+/m0/s1. The smallest absolute Gasteiger partial charge is 0.155 e. The number of nitriles is 1. The van der Waals surface area contributed by atoms with Gasteiger partial charge >= 0.3 is 0 Å². The lowest BCUT2D eigenvalue weighted by Crippen LogP contribution is -2.54. The lowest BCUT2D eigenvalue weighted by atomic mass is 9.48. The Morgan fingerprint density at radius 2 is 2.16 bits per heavy atom. The molecule has 0 bridgehead atoms. The summed E-state index contributed by atoms with van der Waals surface area (Å²) in [5.74, 6) is 2.02. The molecule has 1 N–H and O–H groups in total. The van der Waals surface area contributed by atoms with Crippen molar-refractivity contribution < 1.29 is 9.90 Å². The lowest BCUT2D eigenvalue weighted by molar-refractivity contribution is -0.117. The summed E-state index contributed by atoms with van der Waals surface area (Å²) in [4.78, 5) is 11.9. The Bertz CT molecular complexity index is 692. The maximum absolute atomic E-state index is 11.9. The molecule has 4 rings (SSSR count). The van der Waals surface area contributed by atoms with E-state index >= 15 is 0 Å². The van der Waals surface area contributed by atoms with Gasteiger partial charge in [-0.2, -0.15) is 5.26 Å². The van der Waals surface area contributed by atoms with Gasteiger partial charge in [-0.25, -0.2) is 0 Å². The fourth-order valence-corrected chi connectivity index (χ4v) is 7.39. The molecule has 0 aromatic carbocycles. The largest absolute Gasteiger partial charge is 0.385 e. The molecule has 0 aromatic heterocycles. The highest BCUT2D eigenvalue weighted by atomic mass is 127. The summed E-state index contributed by atoms with van der Waals surface area (Å²) in [6, 6.07) is 2.59. The predicted molar refractivity (Wildman–Crippen MR) is 105 cm³/mol. The van der Waals surface area contributed by atoms with Crippen LogP contribution in [0, 0.1) is 46.3 Å². The quantitative estimate of drug-likeness (QED) is 0.595. The molecule has 4 aliphatic carbocycles. The molecule has 3 saturated carbocycles. The van der Waals surface area contributed by atoms with E-state index in [2.05, 4.69) is 35.6 Å². The van der Waals surface area contributed by atoms with Crippen LogP contribution in [-0.2, 0) is 4.79 Å². The number of hydrogen-bond acceptors (Lipinski definition) is 3. The number of nitrogens with zero attached hydrogens (tertiary/aromatic N) is 1. The van der Waals surface area contributed by atoms with Crippen molar-refractivity contribution >= 4 is 28.4 Å². The molecule has 0 spiro atoms. The van der Waals surface area contributed by atoms with E-state index in [4.69, 9.17) is 0 Å². The lowest BCUT2D eigenvalue weighted by Gasteiger charge is -2.56. The van der Waals surface area contributed by atoms with Gasteiger partial charge in [0.05, 0.1) is 17.6 Å². The van der Waals surface area contributed by atoms with Gasteiger partial charge in [-0.15, -0.1) is 0 Å². The Morgan fingerprint density at radius 1 is 1.36 bits per heavy atom. The van der Waals surface area contributed by atoms with E-state index in [0.717, 1.165) is 38.5 Å². The van der Waals surface area contributed by atoms with Crippen molar-refractivity contribution in [1.82, 2.24) is 0 Å². The minimum atomic E-state index is -0.734. The van der Waals surface area contributed by atoms with Gasteiger partial charge < -0.3 is 5.11 Å². The number of hydrogen-bond donors (Lipinski definition) is 1. The first-order valence-electron chi connectivity index (χ1n) is 9.57. The van der Waals surface area contributed by atoms with Gasteiger partial charge in [-0.05, 0) is 78.4 Å². The topological polar surface area (TPSA) is 61.1 Å². The van der Waals surface area contributed by atoms with Gasteiger partial charge in [-0.3, -0.25) is 4.79 Å². The summed E-state index contributed by atoms with van der Waals surface area (Å²) in [6.07, 6.45) is 10.1. The first-order chi connectivity index (χ1) is 11.9. The predicted octanol–water partition coefficient (Wildman–Crippen LogP) is 4.56. The van der Waals surface area contributed by atoms with Crippen molar-refractivity contribution in [3.8, 4) is 6.07 Å². The molecule has 0 amide bonds. The van der Waals surface area contributed by atoms with Gasteiger partial charge in [0.2, 0.25) is 0 Å². The zero-order chi connectivity index (χ0) is 17.8. The molecule has 0 saturated heterocycles. The fourth-order valence-electron chi connectivity index (χ4n) is 6.79. The zero-order valence-corrected chi connectivity index (χ0v) is 16.9. The number of carbonyl (C=O) groups is 1. The minimum Gasteiger partial charge on any atom is -0.385 e. The van der Waals surface area contributed by atoms with E-state index in [1.165, 1.54) is 5.57 Å². The third kappa shape index (κ3) is 2.49. The van der Waals surface area contributed by atoms with Gasteiger partial charge in [-0.1, -0.05) is 35.1 Å². The molecule has 4 aliphatic rings. The molecule has 3 nitrogen and oxygen atoms in total. The Labute approximate surface area is 163 Å². The summed E-state index contributed by atoms with van der Waals surface area (Å²) in [5.41, 5.74) is 0.382. The number of aliphatic hydroxyl groups is 1. The first-order valence-corrected chi connectivity index (χ1v) is 10.8. The van der Waals surface area contributed by atoms with Gasteiger partial charge in [0.1, 0.15) is 0 Å². The first kappa shape index (κ1) is 17.7. The number of ketones is 1. The van der Waals surface area contributed by atoms with Gasteiger partial charge in [0.25, 0.3) is 0 Å². The van der Waals surface area contributed by atoms with Crippen LogP contribution in [0.2, 0.25) is 0 Å². The molecule has 7 atom stereocenters. The molecule has 25 heavy (non-hydrogen) atoms. The molecule has 0 heterocycles. The van der Waals surface area contributed by atoms with E-state index in [1.807, 2.05) is 16.2 Å². The van der Waals surface area contributed by atoms with Gasteiger partial charge in [0, 0.05) is 11.8 Å². The Hall–Kier alpha value is -0.670. The number of fused-ring (bicyclic) bond motifs is 5. The third-order valence-electron chi connectivity index (χ3n) is 8.07. The second-order valence-corrected chi connectivity index (χ2v) is 9.55. The molecule has 134 valence electrons. The summed E-state index contributed by atoms with van der Waals surface area (Å²) < 4.78 is 1.95. The highest BCUT2D eigenvalue weighted by Gasteiger charge is 2.63. The SMILES string of the molecule is C[C@]12CC[C@H]3[C@@H]([C@H](C#N)CC4=CC(=O)CC[C@@H]43)[C@@H]1CC[C@@]2(O)/C=C\I. The van der Waals surface area contributed by atoms with Crippen molar-refractivity contribution in [2.75, 3.05) is 0 Å². The van der Waals surface area contributed by atoms with Crippen LogP contribution in [0.3, 0.4) is 0 Å². The molecule has 0 unspecified atom stereocenters. The van der Waals surface area contributed by atoms with Gasteiger partial charge in [0.15, 0.2) is 5.78 Å². The van der Waals surface area contributed by atoms with E-state index < -0.39 is 5.60 Å². The Kier molecular flexibility index (Phi) is 4.39. The molecule has 4 heteroatoms. The number of allylic oxidation sites excluding steroid dienone is 1. The van der Waals surface area contributed by atoms with Crippen molar-refractivity contribution in [1.29, 1.82) is 5.26 Å². The molecular weight excluding hydrogens is 425 g/mol. The normalized spacial score (nSPS) is 49.1. The van der Waals surface area contributed by atoms with Crippen molar-refractivity contribution in [3.63, 3.8) is 0 Å². The molecule has 3 fully saturated rings. The Morgan fingerprint density at radius 3 is 2.88 bits per heavy atom. The zero-order valence-electron chi connectivity index (χ0n) is 14.7. The van der Waals surface area contributed by atoms with Crippen molar-refractivity contribution in [3.05, 3.63) is 21.8 Å². The number of halogens is 1. The number of rotatable bonds is 1. The maximum atomic E-state index is 11.9. The summed E-state index contributed by atoms with van der Waals surface area (Å²) >= 11 is 2.20. The van der Waals surface area contributed by atoms with Crippen LogP contribution in [0.1, 0.15) is 51.9 Å². The fraction of sp³-hybridized carbons (Fsp3) is 0.714. The van der Waals surface area contributed by atoms with E-state index in [1.54, 1.807) is 0 Å². The van der Waals surface area contributed by atoms with Crippen LogP contribution >= 0.6 is 22.6 Å². The third-order valence-corrected chi connectivity index (χ3v) is 8.43. The monoisotopic (exact) mass is 451 g/mol. The Balaban J connectivity index is 1.72. The van der Waals surface area contributed by atoms with E-state index in [9.17, 15) is 15.2 Å². The van der Waals surface area contributed by atoms with Crippen LogP contribution in [0.4, 0.5) is 0 Å². The average Bonchev–Trinajstić information content (AvgIpc) is 2.85. The highest BCUT2D eigenvalue weighted by molar-refractivity contribution is 14.1. The van der Waals surface area contributed by atoms with Crippen LogP contribution in [0.5, 0.6) is 0 Å². The van der Waals surface area contributed by atoms with Crippen LogP contribution in [0.15, 0.2) is 21.8 Å². The van der Waals surface area contributed by atoms with Crippen LogP contribution in [0.25, 0.3) is 0 Å². The number of carbonyl (C=O) groups excluding carboxylic acids is 1. The van der Waals surface area contributed by atoms with Crippen LogP contribution in [-0.4, -0.2) is 16.5 Å². The highest BCUT2D eigenvalue weighted by Crippen LogP contribution is 2.66. The summed E-state index contributed by atoms with van der Waals surface area (Å²) in [7, 11) is 0. The maximum Gasteiger partial charge on any atom is 0.155 e. The van der Waals surface area contributed by atoms with E-state index in [0.29, 0.717) is 30.1 Å². The minimum absolute atomic E-state index is 0.00560. The van der Waals surface area contributed by atoms with Crippen LogP contribution < -0.4 is 0 Å². The second kappa shape index (κ2) is 6.20. The van der Waals surface area contributed by atoms with E-state index in [-0.39, 0.29) is 17.1 Å². The molecule has 0 aromatic rings. The molecule has 0 aliphatic heterocycles. The second-order valence-electron chi connectivity index (χ2n) is 8.83. The summed E-state index contributed by atoms with van der Waals surface area (Å²) in [5, 5.41) is 21.2. The average molecular weight is 451 g/mol. The van der Waals surface area contributed by atoms with Crippen molar-refractivity contribution in [2.45, 2.75) is 57.5 Å². The van der Waals surface area contributed by atoms with Crippen molar-refractivity contribution in [2.24, 2.45) is 35.0 Å². The molecular formula is C21H26INO2.